The van der Waals surface area contributed by atoms with Crippen LogP contribution < -0.4 is 10.6 Å². The van der Waals surface area contributed by atoms with Crippen molar-refractivity contribution in [1.82, 2.24) is 20.3 Å². The summed E-state index contributed by atoms with van der Waals surface area (Å²) in [5.74, 6) is 0.736. The molecule has 0 bridgehead atoms. The van der Waals surface area contributed by atoms with E-state index in [1.807, 2.05) is 42.5 Å². The Kier molecular flexibility index (Phi) is 3.84. The summed E-state index contributed by atoms with van der Waals surface area (Å²) in [7, 11) is 0. The number of aromatic nitrogens is 3. The number of nitrogens with zero attached hydrogens (tertiary/aromatic N) is 3. The normalized spacial score (nSPS) is 19.6. The maximum Gasteiger partial charge on any atom is 0.180 e. The van der Waals surface area contributed by atoms with Gasteiger partial charge in [-0.3, -0.25) is 10.3 Å². The van der Waals surface area contributed by atoms with Crippen LogP contribution in [-0.2, 0) is 4.74 Å². The number of hydrogen-bond donors (Lipinski definition) is 2. The van der Waals surface area contributed by atoms with E-state index in [9.17, 15) is 0 Å². The van der Waals surface area contributed by atoms with Crippen molar-refractivity contribution < 1.29 is 4.74 Å². The van der Waals surface area contributed by atoms with Crippen molar-refractivity contribution >= 4 is 17.0 Å². The average molecular weight is 321 g/mol. The maximum atomic E-state index is 5.54. The molecule has 122 valence electrons. The van der Waals surface area contributed by atoms with Crippen molar-refractivity contribution in [1.29, 1.82) is 0 Å². The minimum atomic E-state index is -0.0531. The fraction of sp³-hybridized carbons (Fsp3) is 0.278. The van der Waals surface area contributed by atoms with E-state index in [0.29, 0.717) is 11.7 Å². The van der Waals surface area contributed by atoms with Gasteiger partial charge >= 0.3 is 0 Å². The van der Waals surface area contributed by atoms with Crippen molar-refractivity contribution in [2.45, 2.75) is 32.3 Å². The summed E-state index contributed by atoms with van der Waals surface area (Å²) in [4.78, 5) is 13.6. The number of ether oxygens (including phenoxy) is 1. The Hall–Kier alpha value is -2.57. The van der Waals surface area contributed by atoms with Crippen molar-refractivity contribution in [3.8, 4) is 11.3 Å². The zero-order valence-corrected chi connectivity index (χ0v) is 13.6. The lowest BCUT2D eigenvalue weighted by Crippen LogP contribution is -2.29. The molecular weight excluding hydrogens is 302 g/mol. The third-order valence-corrected chi connectivity index (χ3v) is 3.76. The summed E-state index contributed by atoms with van der Waals surface area (Å²) in [6, 6.07) is 14.2. The smallest absolute Gasteiger partial charge is 0.180 e. The lowest BCUT2D eigenvalue weighted by atomic mass is 10.2. The number of benzene rings is 1. The fourth-order valence-corrected chi connectivity index (χ4v) is 2.55. The number of nitrogens with one attached hydrogen (secondary N) is 2. The number of pyridine rings is 1. The molecule has 2 N–H and O–H groups in total. The predicted molar refractivity (Wildman–Crippen MR) is 93.3 cm³/mol. The van der Waals surface area contributed by atoms with Gasteiger partial charge in [0, 0.05) is 11.6 Å². The van der Waals surface area contributed by atoms with Gasteiger partial charge < -0.3 is 10.1 Å². The molecule has 24 heavy (non-hydrogen) atoms. The van der Waals surface area contributed by atoms with Crippen molar-refractivity contribution in [2.75, 3.05) is 5.32 Å². The zero-order chi connectivity index (χ0) is 16.5. The second kappa shape index (κ2) is 6.14. The lowest BCUT2D eigenvalue weighted by Gasteiger charge is -2.06. The molecule has 2 atom stereocenters. The third-order valence-electron chi connectivity index (χ3n) is 3.76. The Balaban J connectivity index is 1.56. The lowest BCUT2D eigenvalue weighted by molar-refractivity contribution is 0.339. The molecule has 4 rings (SSSR count). The highest BCUT2D eigenvalue weighted by atomic mass is 16.6. The van der Waals surface area contributed by atoms with Crippen molar-refractivity contribution in [3.05, 3.63) is 48.7 Å². The monoisotopic (exact) mass is 321 g/mol. The number of rotatable bonds is 5. The van der Waals surface area contributed by atoms with Gasteiger partial charge in [0.25, 0.3) is 0 Å². The Bertz CT molecular complexity index is 852. The Labute approximate surface area is 140 Å². The van der Waals surface area contributed by atoms with Gasteiger partial charge in [-0.1, -0.05) is 30.3 Å². The van der Waals surface area contributed by atoms with Crippen LogP contribution in [0.5, 0.6) is 0 Å². The van der Waals surface area contributed by atoms with Crippen LogP contribution in [0.3, 0.4) is 0 Å². The quantitative estimate of drug-likeness (QED) is 0.704. The highest BCUT2D eigenvalue weighted by Gasteiger charge is 2.39. The molecule has 2 aromatic heterocycles. The first-order valence-electron chi connectivity index (χ1n) is 8.06. The predicted octanol–water partition coefficient (Wildman–Crippen LogP) is 2.78. The van der Waals surface area contributed by atoms with Crippen LogP contribution in [0.4, 0.5) is 5.82 Å². The molecule has 3 heterocycles. The fourth-order valence-electron chi connectivity index (χ4n) is 2.55. The van der Waals surface area contributed by atoms with Crippen LogP contribution in [0.25, 0.3) is 22.4 Å². The van der Waals surface area contributed by atoms with Gasteiger partial charge in [0.1, 0.15) is 11.3 Å². The molecule has 1 aromatic carbocycles. The summed E-state index contributed by atoms with van der Waals surface area (Å²) in [6.07, 6.45) is 1.76. The van der Waals surface area contributed by atoms with Gasteiger partial charge in [0.15, 0.2) is 18.1 Å². The summed E-state index contributed by atoms with van der Waals surface area (Å²) < 4.78 is 5.54. The summed E-state index contributed by atoms with van der Waals surface area (Å²) in [5.41, 5.74) is 3.23. The SMILES string of the molecule is CC(C)NC1OC1Nc1ccc2ncc(-c3ccccc3)nc2n1. The second-order valence-electron chi connectivity index (χ2n) is 6.10. The number of epoxide rings is 1. The molecule has 0 radical (unpaired) electrons. The minimum Gasteiger partial charge on any atom is -0.341 e. The van der Waals surface area contributed by atoms with Gasteiger partial charge in [0.05, 0.1) is 11.9 Å². The maximum absolute atomic E-state index is 5.54. The molecule has 6 nitrogen and oxygen atoms in total. The van der Waals surface area contributed by atoms with Crippen molar-refractivity contribution in [3.63, 3.8) is 0 Å². The van der Waals surface area contributed by atoms with E-state index in [4.69, 9.17) is 4.74 Å². The minimum absolute atomic E-state index is 0.0317. The average Bonchev–Trinajstić information content (AvgIpc) is 3.31. The molecule has 0 spiro atoms. The molecule has 0 aliphatic carbocycles. The van der Waals surface area contributed by atoms with Crippen LogP contribution in [0.15, 0.2) is 48.7 Å². The summed E-state index contributed by atoms with van der Waals surface area (Å²) in [5, 5.41) is 6.57. The van der Waals surface area contributed by atoms with E-state index in [1.165, 1.54) is 0 Å². The number of fused-ring (bicyclic) bond motifs is 1. The Morgan fingerprint density at radius 2 is 1.83 bits per heavy atom. The van der Waals surface area contributed by atoms with Gasteiger partial charge in [-0.05, 0) is 26.0 Å². The van der Waals surface area contributed by atoms with Crippen LogP contribution >= 0.6 is 0 Å². The molecule has 2 unspecified atom stereocenters. The van der Waals surface area contributed by atoms with Crippen LogP contribution in [-0.4, -0.2) is 33.4 Å². The Morgan fingerprint density at radius 1 is 1.00 bits per heavy atom. The molecule has 1 saturated heterocycles. The van der Waals surface area contributed by atoms with Crippen molar-refractivity contribution in [2.24, 2.45) is 0 Å². The molecule has 0 amide bonds. The molecule has 0 saturated carbocycles. The van der Waals surface area contributed by atoms with Gasteiger partial charge in [0.2, 0.25) is 0 Å². The largest absolute Gasteiger partial charge is 0.341 e. The molecule has 1 aliphatic rings. The van der Waals surface area contributed by atoms with E-state index in [1.54, 1.807) is 6.20 Å². The third kappa shape index (κ3) is 3.20. The molecule has 6 heteroatoms. The molecule has 1 fully saturated rings. The second-order valence-corrected chi connectivity index (χ2v) is 6.10. The summed E-state index contributed by atoms with van der Waals surface area (Å²) in [6.45, 7) is 4.18. The topological polar surface area (TPSA) is 75.3 Å². The standard InChI is InChI=1S/C18H19N5O/c1-11(2)20-17-18(24-17)23-15-9-8-13-16(22-15)21-14(10-19-13)12-6-4-3-5-7-12/h3-11,17-18,20H,1-2H3,(H,21,22,23). The van der Waals surface area contributed by atoms with Gasteiger partial charge in [-0.15, -0.1) is 0 Å². The molecular formula is C18H19N5O. The summed E-state index contributed by atoms with van der Waals surface area (Å²) >= 11 is 0. The van der Waals surface area contributed by atoms with E-state index >= 15 is 0 Å². The number of hydrogen-bond acceptors (Lipinski definition) is 6. The van der Waals surface area contributed by atoms with E-state index in [2.05, 4.69) is 39.4 Å². The van der Waals surface area contributed by atoms with Crippen LogP contribution in [0.1, 0.15) is 13.8 Å². The molecule has 1 aliphatic heterocycles. The first kappa shape index (κ1) is 15.0. The van der Waals surface area contributed by atoms with Gasteiger partial charge in [-0.25, -0.2) is 9.97 Å². The highest BCUT2D eigenvalue weighted by molar-refractivity contribution is 5.75. The first-order valence-corrected chi connectivity index (χ1v) is 8.06. The zero-order valence-electron chi connectivity index (χ0n) is 13.6. The van der Waals surface area contributed by atoms with E-state index in [0.717, 1.165) is 22.6 Å². The van der Waals surface area contributed by atoms with Crippen LogP contribution in [0.2, 0.25) is 0 Å². The Morgan fingerprint density at radius 3 is 2.62 bits per heavy atom. The van der Waals surface area contributed by atoms with Gasteiger partial charge in [-0.2, -0.15) is 0 Å². The molecule has 3 aromatic rings. The van der Waals surface area contributed by atoms with E-state index in [-0.39, 0.29) is 12.5 Å². The highest BCUT2D eigenvalue weighted by Crippen LogP contribution is 2.23. The number of anilines is 1. The first-order chi connectivity index (χ1) is 11.7. The van der Waals surface area contributed by atoms with Crippen LogP contribution in [0, 0.1) is 0 Å². The van der Waals surface area contributed by atoms with E-state index < -0.39 is 0 Å².